The van der Waals surface area contributed by atoms with Gasteiger partial charge in [-0.15, -0.1) is 11.8 Å². The smallest absolute Gasteiger partial charge is 0.161 e. The number of aliphatic hydroxyl groups is 1. The summed E-state index contributed by atoms with van der Waals surface area (Å²) in [5.41, 5.74) is 20.7. The Morgan fingerprint density at radius 2 is 2.10 bits per heavy atom. The molecule has 5 N–H and O–H groups in total. The van der Waals surface area contributed by atoms with Gasteiger partial charge in [0.15, 0.2) is 5.84 Å². The van der Waals surface area contributed by atoms with E-state index in [0.29, 0.717) is 34.6 Å². The Balaban J connectivity index is 2.58. The molecule has 1 aliphatic heterocycles. The molecule has 0 spiro atoms. The Bertz CT molecular complexity index is 1170. The number of nitrogens with zero attached hydrogens (tertiary/aromatic N) is 3. The third-order valence-electron chi connectivity index (χ3n) is 5.75. The van der Waals surface area contributed by atoms with Crippen LogP contribution in [0, 0.1) is 0 Å². The van der Waals surface area contributed by atoms with Crippen molar-refractivity contribution < 1.29 is 9.84 Å². The number of hydrogen-bond donors (Lipinski definition) is 4. The van der Waals surface area contributed by atoms with E-state index in [1.165, 1.54) is 5.57 Å². The van der Waals surface area contributed by atoms with Gasteiger partial charge in [0.05, 0.1) is 24.7 Å². The maximum Gasteiger partial charge on any atom is 0.161 e. The average Bonchev–Trinajstić information content (AvgIpc) is 3.08. The lowest BCUT2D eigenvalue weighted by atomic mass is 10.0. The number of aliphatic imine (C=N–C) groups is 2. The summed E-state index contributed by atoms with van der Waals surface area (Å²) in [6.45, 7) is 10.2. The van der Waals surface area contributed by atoms with Crippen LogP contribution < -0.4 is 16.6 Å². The van der Waals surface area contributed by atoms with Gasteiger partial charge < -0.3 is 15.6 Å². The number of hydrazine groups is 2. The first-order valence-corrected chi connectivity index (χ1v) is 15.0. The molecule has 214 valence electrons. The largest absolute Gasteiger partial charge is 0.393 e. The molecule has 1 aromatic carbocycles. The second-order valence-corrected chi connectivity index (χ2v) is 11.1. The highest BCUT2D eigenvalue weighted by molar-refractivity contribution is 9.10. The topological polar surface area (TPSA) is 108 Å². The second kappa shape index (κ2) is 17.0. The van der Waals surface area contributed by atoms with Crippen molar-refractivity contribution in [3.8, 4) is 0 Å². The first-order chi connectivity index (χ1) is 18.6. The standard InChI is InChI=1S/C28H40BrClN6O2S/c1-7-9-21(19(4)17-39-16-18(3)8-2)12-25-27(15-37)38-26(14-33-36(25)32-6)28(34-20(5)31)35-24-13-22(30)10-11-23(24)29/h10-11,13,16-17,26-27,32-33,37H,7-9,14-15H2,1-6H3,(H2,31,34,35)/b18-16+,19-17+. The second-order valence-electron chi connectivity index (χ2n) is 9.03. The Labute approximate surface area is 250 Å². The third-order valence-corrected chi connectivity index (χ3v) is 7.68. The number of rotatable bonds is 10. The Kier molecular flexibility index (Phi) is 14.6. The Hall–Kier alpha value is -1.88. The van der Waals surface area contributed by atoms with Crippen LogP contribution in [0.15, 0.2) is 71.6 Å². The third kappa shape index (κ3) is 10.6. The summed E-state index contributed by atoms with van der Waals surface area (Å²) in [4.78, 5) is 9.19. The lowest BCUT2D eigenvalue weighted by Gasteiger charge is -2.25. The summed E-state index contributed by atoms with van der Waals surface area (Å²) < 4.78 is 7.17. The molecule has 1 aromatic rings. The fourth-order valence-corrected chi connectivity index (χ4v) is 4.86. The Morgan fingerprint density at radius 1 is 1.36 bits per heavy atom. The SMILES string of the molecule is CCCC(=C=C1C(CO)OC(C(N=C(C)N)=Nc2cc(Cl)ccc2Br)CNN1NC)/C(C)=C/S/C=C(\C)CC. The minimum atomic E-state index is -0.715. The number of nitrogens with two attached hydrogens (primary N) is 1. The van der Waals surface area contributed by atoms with E-state index in [9.17, 15) is 5.11 Å². The number of thioether (sulfide) groups is 1. The van der Waals surface area contributed by atoms with E-state index in [1.54, 1.807) is 43.0 Å². The number of nitrogens with one attached hydrogen (secondary N) is 2. The number of allylic oxidation sites excluding steroid dienone is 2. The lowest BCUT2D eigenvalue weighted by molar-refractivity contribution is 0.0135. The fourth-order valence-electron chi connectivity index (χ4n) is 3.55. The maximum absolute atomic E-state index is 10.4. The van der Waals surface area contributed by atoms with Crippen molar-refractivity contribution in [3.05, 3.63) is 66.7 Å². The fraction of sp³-hybridized carbons (Fsp3) is 0.464. The summed E-state index contributed by atoms with van der Waals surface area (Å²) in [5, 5.41) is 17.0. The normalized spacial score (nSPS) is 19.7. The molecule has 0 saturated carbocycles. The predicted octanol–water partition coefficient (Wildman–Crippen LogP) is 6.37. The molecule has 0 amide bonds. The number of hydrogen-bond acceptors (Lipinski definition) is 7. The Morgan fingerprint density at radius 3 is 2.72 bits per heavy atom. The predicted molar refractivity (Wildman–Crippen MR) is 169 cm³/mol. The molecule has 0 aliphatic carbocycles. The highest BCUT2D eigenvalue weighted by Gasteiger charge is 2.31. The maximum atomic E-state index is 10.4. The molecule has 1 aliphatic rings. The van der Waals surface area contributed by atoms with Crippen LogP contribution in [0.2, 0.25) is 5.02 Å². The summed E-state index contributed by atoms with van der Waals surface area (Å²) in [7, 11) is 1.79. The molecule has 1 saturated heterocycles. The van der Waals surface area contributed by atoms with Crippen LogP contribution in [-0.4, -0.2) is 54.3 Å². The van der Waals surface area contributed by atoms with Crippen molar-refractivity contribution in [3.63, 3.8) is 0 Å². The van der Waals surface area contributed by atoms with Gasteiger partial charge in [-0.1, -0.05) is 43.2 Å². The van der Waals surface area contributed by atoms with Crippen molar-refractivity contribution >= 4 is 56.7 Å². The average molecular weight is 640 g/mol. The van der Waals surface area contributed by atoms with Gasteiger partial charge in [-0.2, -0.15) is 0 Å². The van der Waals surface area contributed by atoms with Crippen LogP contribution in [0.4, 0.5) is 5.69 Å². The quantitative estimate of drug-likeness (QED) is 0.102. The van der Waals surface area contributed by atoms with Gasteiger partial charge in [-0.25, -0.2) is 26.0 Å². The first-order valence-electron chi connectivity index (χ1n) is 12.9. The van der Waals surface area contributed by atoms with Gasteiger partial charge >= 0.3 is 0 Å². The van der Waals surface area contributed by atoms with Crippen molar-refractivity contribution in [1.82, 2.24) is 16.0 Å². The molecule has 8 nitrogen and oxygen atoms in total. The van der Waals surface area contributed by atoms with Crippen molar-refractivity contribution in [2.75, 3.05) is 20.2 Å². The number of benzene rings is 1. The molecule has 0 bridgehead atoms. The zero-order valence-corrected chi connectivity index (χ0v) is 26.7. The number of halogens is 2. The lowest BCUT2D eigenvalue weighted by Crippen LogP contribution is -2.48. The molecule has 11 heteroatoms. The molecule has 0 aromatic heterocycles. The summed E-state index contributed by atoms with van der Waals surface area (Å²) >= 11 is 11.4. The molecule has 2 rings (SSSR count). The van der Waals surface area contributed by atoms with Crippen molar-refractivity contribution in [2.24, 2.45) is 15.7 Å². The van der Waals surface area contributed by atoms with Crippen LogP contribution >= 0.6 is 39.3 Å². The van der Waals surface area contributed by atoms with E-state index in [1.807, 2.05) is 6.07 Å². The molecule has 2 unspecified atom stereocenters. The number of amidine groups is 2. The van der Waals surface area contributed by atoms with Gasteiger partial charge in [0.1, 0.15) is 17.9 Å². The van der Waals surface area contributed by atoms with Crippen LogP contribution in [-0.2, 0) is 4.74 Å². The van der Waals surface area contributed by atoms with Gasteiger partial charge in [0, 0.05) is 16.5 Å². The monoisotopic (exact) mass is 638 g/mol. The highest BCUT2D eigenvalue weighted by atomic mass is 79.9. The molecular formula is C28H40BrClN6O2S. The first kappa shape index (κ1) is 33.3. The number of ether oxygens (including phenoxy) is 1. The van der Waals surface area contributed by atoms with E-state index in [4.69, 9.17) is 27.1 Å². The zero-order chi connectivity index (χ0) is 28.9. The minimum Gasteiger partial charge on any atom is -0.393 e. The van der Waals surface area contributed by atoms with E-state index in [-0.39, 0.29) is 6.61 Å². The zero-order valence-electron chi connectivity index (χ0n) is 23.5. The van der Waals surface area contributed by atoms with E-state index < -0.39 is 12.2 Å². The molecule has 39 heavy (non-hydrogen) atoms. The molecule has 0 radical (unpaired) electrons. The highest BCUT2D eigenvalue weighted by Crippen LogP contribution is 2.30. The van der Waals surface area contributed by atoms with Crippen LogP contribution in [0.25, 0.3) is 0 Å². The number of aliphatic hydroxyl groups excluding tert-OH is 1. The molecule has 1 heterocycles. The van der Waals surface area contributed by atoms with Crippen LogP contribution in [0.3, 0.4) is 0 Å². The minimum absolute atomic E-state index is 0.270. The van der Waals surface area contributed by atoms with E-state index in [2.05, 4.69) is 76.0 Å². The molecular weight excluding hydrogens is 600 g/mol. The van der Waals surface area contributed by atoms with Gasteiger partial charge in [-0.3, -0.25) is 0 Å². The van der Waals surface area contributed by atoms with Gasteiger partial charge in [0.25, 0.3) is 0 Å². The summed E-state index contributed by atoms with van der Waals surface area (Å²) in [5.74, 6) is 0.682. The summed E-state index contributed by atoms with van der Waals surface area (Å²) in [6, 6.07) is 5.32. The van der Waals surface area contributed by atoms with Crippen LogP contribution in [0.5, 0.6) is 0 Å². The van der Waals surface area contributed by atoms with Crippen LogP contribution in [0.1, 0.15) is 53.9 Å². The van der Waals surface area contributed by atoms with Crippen molar-refractivity contribution in [1.29, 1.82) is 0 Å². The van der Waals surface area contributed by atoms with Gasteiger partial charge in [-0.05, 0) is 89.7 Å². The summed E-state index contributed by atoms with van der Waals surface area (Å²) in [6.07, 6.45) is 1.45. The van der Waals surface area contributed by atoms with E-state index in [0.717, 1.165) is 34.9 Å². The molecule has 2 atom stereocenters. The molecule has 1 fully saturated rings. The van der Waals surface area contributed by atoms with E-state index >= 15 is 0 Å². The van der Waals surface area contributed by atoms with Crippen molar-refractivity contribution in [2.45, 2.75) is 66.1 Å². The van der Waals surface area contributed by atoms with Gasteiger partial charge in [0.2, 0.25) is 0 Å².